The number of para-hydroxylation sites is 1. The van der Waals surface area contributed by atoms with E-state index in [2.05, 4.69) is 55.5 Å². The van der Waals surface area contributed by atoms with Gasteiger partial charge in [0.1, 0.15) is 12.1 Å². The molecular formula is C19H20N6. The van der Waals surface area contributed by atoms with Crippen molar-refractivity contribution in [1.29, 1.82) is 0 Å². The number of pyridine rings is 1. The third-order valence-corrected chi connectivity index (χ3v) is 4.38. The van der Waals surface area contributed by atoms with Gasteiger partial charge in [-0.3, -0.25) is 9.56 Å². The fourth-order valence-corrected chi connectivity index (χ4v) is 3.14. The molecule has 1 aliphatic rings. The number of aliphatic imine (C=N–C) groups is 1. The first kappa shape index (κ1) is 15.4. The molecule has 0 aliphatic carbocycles. The number of rotatable bonds is 3. The molecule has 1 aromatic carbocycles. The number of nitrogens with one attached hydrogen (secondary N) is 1. The number of hydrogen-bond acceptors (Lipinski definition) is 3. The SMILES string of the molecule is CN=C(NCc1ccnc(-n2ccnc2)c1)N1CCc2ccccc21. The predicted molar refractivity (Wildman–Crippen MR) is 99.0 cm³/mol. The first-order chi connectivity index (χ1) is 12.3. The molecule has 0 spiro atoms. The van der Waals surface area contributed by atoms with Gasteiger partial charge in [-0.2, -0.15) is 0 Å². The van der Waals surface area contributed by atoms with Crippen LogP contribution in [0, 0.1) is 0 Å². The van der Waals surface area contributed by atoms with Crippen LogP contribution in [0.3, 0.4) is 0 Å². The lowest BCUT2D eigenvalue weighted by Crippen LogP contribution is -2.40. The second-order valence-electron chi connectivity index (χ2n) is 5.92. The van der Waals surface area contributed by atoms with Crippen molar-refractivity contribution < 1.29 is 0 Å². The zero-order valence-corrected chi connectivity index (χ0v) is 14.1. The Balaban J connectivity index is 1.48. The van der Waals surface area contributed by atoms with E-state index in [1.807, 2.05) is 30.1 Å². The van der Waals surface area contributed by atoms with Crippen LogP contribution in [0.15, 0.2) is 66.3 Å². The zero-order chi connectivity index (χ0) is 17.1. The fraction of sp³-hybridized carbons (Fsp3) is 0.211. The predicted octanol–water partition coefficient (Wildman–Crippen LogP) is 2.41. The summed E-state index contributed by atoms with van der Waals surface area (Å²) in [6, 6.07) is 12.6. The summed E-state index contributed by atoms with van der Waals surface area (Å²) >= 11 is 0. The van der Waals surface area contributed by atoms with Crippen molar-refractivity contribution >= 4 is 11.6 Å². The van der Waals surface area contributed by atoms with Crippen LogP contribution < -0.4 is 10.2 Å². The quantitative estimate of drug-likeness (QED) is 0.591. The molecule has 2 aromatic heterocycles. The summed E-state index contributed by atoms with van der Waals surface area (Å²) in [5, 5.41) is 3.46. The minimum Gasteiger partial charge on any atom is -0.352 e. The average molecular weight is 332 g/mol. The van der Waals surface area contributed by atoms with Gasteiger partial charge in [-0.15, -0.1) is 0 Å². The molecule has 1 N–H and O–H groups in total. The molecule has 0 bridgehead atoms. The van der Waals surface area contributed by atoms with Gasteiger partial charge >= 0.3 is 0 Å². The first-order valence-corrected chi connectivity index (χ1v) is 8.34. The van der Waals surface area contributed by atoms with Crippen LogP contribution in [0.1, 0.15) is 11.1 Å². The molecule has 25 heavy (non-hydrogen) atoms. The first-order valence-electron chi connectivity index (χ1n) is 8.34. The third-order valence-electron chi connectivity index (χ3n) is 4.38. The maximum atomic E-state index is 4.46. The Hall–Kier alpha value is -3.15. The number of guanidine groups is 1. The molecule has 0 radical (unpaired) electrons. The molecule has 6 nitrogen and oxygen atoms in total. The second-order valence-corrected chi connectivity index (χ2v) is 5.92. The summed E-state index contributed by atoms with van der Waals surface area (Å²) < 4.78 is 1.90. The highest BCUT2D eigenvalue weighted by Gasteiger charge is 2.22. The summed E-state index contributed by atoms with van der Waals surface area (Å²) in [6.45, 7) is 1.64. The van der Waals surface area contributed by atoms with Crippen molar-refractivity contribution in [2.24, 2.45) is 4.99 Å². The second kappa shape index (κ2) is 6.76. The molecule has 126 valence electrons. The maximum absolute atomic E-state index is 4.46. The topological polar surface area (TPSA) is 58.3 Å². The van der Waals surface area contributed by atoms with Gasteiger partial charge < -0.3 is 10.2 Å². The molecule has 6 heteroatoms. The molecule has 3 aromatic rings. The Kier molecular flexibility index (Phi) is 4.16. The highest BCUT2D eigenvalue weighted by molar-refractivity contribution is 5.97. The van der Waals surface area contributed by atoms with Crippen molar-refractivity contribution in [3.05, 3.63) is 72.4 Å². The van der Waals surface area contributed by atoms with Crippen molar-refractivity contribution in [1.82, 2.24) is 19.9 Å². The fourth-order valence-electron chi connectivity index (χ4n) is 3.14. The van der Waals surface area contributed by atoms with Crippen molar-refractivity contribution in [3.63, 3.8) is 0 Å². The Morgan fingerprint density at radius 1 is 1.24 bits per heavy atom. The molecule has 3 heterocycles. The lowest BCUT2D eigenvalue weighted by Gasteiger charge is -2.22. The lowest BCUT2D eigenvalue weighted by atomic mass is 10.2. The molecule has 0 saturated heterocycles. The number of benzene rings is 1. The van der Waals surface area contributed by atoms with Gasteiger partial charge in [0.2, 0.25) is 0 Å². The highest BCUT2D eigenvalue weighted by atomic mass is 15.3. The van der Waals surface area contributed by atoms with Crippen LogP contribution in [0.5, 0.6) is 0 Å². The maximum Gasteiger partial charge on any atom is 0.198 e. The third kappa shape index (κ3) is 3.10. The van der Waals surface area contributed by atoms with Gasteiger partial charge in [0.15, 0.2) is 5.96 Å². The Morgan fingerprint density at radius 3 is 3.00 bits per heavy atom. The van der Waals surface area contributed by atoms with Crippen LogP contribution in [0.2, 0.25) is 0 Å². The van der Waals surface area contributed by atoms with Gasteiger partial charge in [-0.25, -0.2) is 9.97 Å². The van der Waals surface area contributed by atoms with Gasteiger partial charge in [0, 0.05) is 44.4 Å². The number of hydrogen-bond donors (Lipinski definition) is 1. The molecule has 0 unspecified atom stereocenters. The largest absolute Gasteiger partial charge is 0.352 e. The molecule has 0 amide bonds. The molecule has 0 atom stereocenters. The molecule has 4 rings (SSSR count). The summed E-state index contributed by atoms with van der Waals surface area (Å²) in [5.74, 6) is 1.75. The summed E-state index contributed by atoms with van der Waals surface area (Å²) in [6.07, 6.45) is 8.26. The minimum absolute atomic E-state index is 0.690. The van der Waals surface area contributed by atoms with Gasteiger partial charge in [-0.05, 0) is 35.7 Å². The van der Waals surface area contributed by atoms with Crippen LogP contribution in [0.25, 0.3) is 5.82 Å². The normalized spacial score (nSPS) is 13.8. The number of anilines is 1. The summed E-state index contributed by atoms with van der Waals surface area (Å²) in [7, 11) is 1.83. The Morgan fingerprint density at radius 2 is 2.16 bits per heavy atom. The number of fused-ring (bicyclic) bond motifs is 1. The number of aromatic nitrogens is 3. The molecule has 0 saturated carbocycles. The summed E-state index contributed by atoms with van der Waals surface area (Å²) in [5.41, 5.74) is 3.76. The van der Waals surface area contributed by atoms with Crippen LogP contribution in [-0.4, -0.2) is 34.1 Å². The highest BCUT2D eigenvalue weighted by Crippen LogP contribution is 2.27. The van der Waals surface area contributed by atoms with E-state index in [0.717, 1.165) is 30.3 Å². The van der Waals surface area contributed by atoms with E-state index in [1.165, 1.54) is 11.3 Å². The molecular weight excluding hydrogens is 312 g/mol. The number of imidazole rings is 1. The van der Waals surface area contributed by atoms with E-state index in [9.17, 15) is 0 Å². The van der Waals surface area contributed by atoms with Crippen molar-refractivity contribution in [2.45, 2.75) is 13.0 Å². The monoisotopic (exact) mass is 332 g/mol. The van der Waals surface area contributed by atoms with E-state index in [0.29, 0.717) is 6.54 Å². The van der Waals surface area contributed by atoms with E-state index >= 15 is 0 Å². The lowest BCUT2D eigenvalue weighted by molar-refractivity contribution is 0.860. The van der Waals surface area contributed by atoms with E-state index in [4.69, 9.17) is 0 Å². The Labute approximate surface area is 146 Å². The van der Waals surface area contributed by atoms with Gasteiger partial charge in [-0.1, -0.05) is 18.2 Å². The minimum atomic E-state index is 0.690. The zero-order valence-electron chi connectivity index (χ0n) is 14.1. The van der Waals surface area contributed by atoms with E-state index < -0.39 is 0 Å². The summed E-state index contributed by atoms with van der Waals surface area (Å²) in [4.78, 5) is 15.2. The van der Waals surface area contributed by atoms with Crippen molar-refractivity contribution in [2.75, 3.05) is 18.5 Å². The van der Waals surface area contributed by atoms with Crippen LogP contribution >= 0.6 is 0 Å². The van der Waals surface area contributed by atoms with Gasteiger partial charge in [0.05, 0.1) is 0 Å². The van der Waals surface area contributed by atoms with E-state index in [1.54, 1.807) is 12.5 Å². The molecule has 0 fully saturated rings. The Bertz CT molecular complexity index is 884. The van der Waals surface area contributed by atoms with Crippen LogP contribution in [-0.2, 0) is 13.0 Å². The number of nitrogens with zero attached hydrogens (tertiary/aromatic N) is 5. The average Bonchev–Trinajstić information content (AvgIpc) is 3.33. The smallest absolute Gasteiger partial charge is 0.198 e. The van der Waals surface area contributed by atoms with Crippen LogP contribution in [0.4, 0.5) is 5.69 Å². The van der Waals surface area contributed by atoms with Crippen molar-refractivity contribution in [3.8, 4) is 5.82 Å². The molecule has 1 aliphatic heterocycles. The van der Waals surface area contributed by atoms with E-state index in [-0.39, 0.29) is 0 Å². The standard InChI is InChI=1S/C19H20N6/c1-20-19(25-10-7-16-4-2-3-5-17(16)25)23-13-15-6-8-22-18(12-15)24-11-9-21-14-24/h2-6,8-9,11-12,14H,7,10,13H2,1H3,(H,20,23). The van der Waals surface area contributed by atoms with Gasteiger partial charge in [0.25, 0.3) is 0 Å².